The number of hydrogen-bond acceptors (Lipinski definition) is 2. The molecule has 0 heterocycles. The Labute approximate surface area is 94.5 Å². The average molecular weight is 231 g/mol. The van der Waals surface area contributed by atoms with Gasteiger partial charge in [-0.05, 0) is 29.9 Å². The first-order valence-corrected chi connectivity index (χ1v) is 6.20. The van der Waals surface area contributed by atoms with Gasteiger partial charge in [-0.2, -0.15) is 11.8 Å². The van der Waals surface area contributed by atoms with Crippen molar-refractivity contribution < 1.29 is 5.11 Å². The molecule has 0 saturated carbocycles. The number of aliphatic hydroxyl groups is 1. The van der Waals surface area contributed by atoms with Crippen LogP contribution in [-0.2, 0) is 0 Å². The van der Waals surface area contributed by atoms with E-state index in [1.54, 1.807) is 11.8 Å². The second kappa shape index (κ2) is 5.64. The minimum atomic E-state index is -0.405. The lowest BCUT2D eigenvalue weighted by molar-refractivity contribution is 0.204. The van der Waals surface area contributed by atoms with Gasteiger partial charge in [-0.1, -0.05) is 30.7 Å². The molecule has 0 amide bonds. The summed E-state index contributed by atoms with van der Waals surface area (Å²) in [4.78, 5) is 0. The van der Waals surface area contributed by atoms with Crippen molar-refractivity contribution in [2.24, 2.45) is 0 Å². The first-order valence-electron chi connectivity index (χ1n) is 4.67. The van der Waals surface area contributed by atoms with E-state index in [0.29, 0.717) is 0 Å². The maximum atomic E-state index is 9.79. The smallest absolute Gasteiger partial charge is 0.0880 e. The molecule has 0 bridgehead atoms. The summed E-state index contributed by atoms with van der Waals surface area (Å²) in [6.45, 7) is 4.04. The van der Waals surface area contributed by atoms with Crippen LogP contribution in [-0.4, -0.2) is 16.6 Å². The second-order valence-electron chi connectivity index (χ2n) is 3.18. The summed E-state index contributed by atoms with van der Waals surface area (Å²) in [5.74, 6) is 1.76. The molecule has 0 aliphatic heterocycles. The fourth-order valence-electron chi connectivity index (χ4n) is 1.14. The number of halogens is 1. The van der Waals surface area contributed by atoms with Gasteiger partial charge < -0.3 is 5.11 Å². The maximum Gasteiger partial charge on any atom is 0.0880 e. The predicted octanol–water partition coefficient (Wildman–Crippen LogP) is 3.43. The summed E-state index contributed by atoms with van der Waals surface area (Å²) in [5.41, 5.74) is 1.95. The zero-order chi connectivity index (χ0) is 10.6. The number of aryl methyl sites for hydroxylation is 1. The standard InChI is InChI=1S/C11H15ClOS/c1-3-14-7-11(13)9-5-4-8(2)10(12)6-9/h4-6,11,13H,3,7H2,1-2H3. The van der Waals surface area contributed by atoms with Gasteiger partial charge >= 0.3 is 0 Å². The lowest BCUT2D eigenvalue weighted by Gasteiger charge is -2.11. The molecule has 0 radical (unpaired) electrons. The van der Waals surface area contributed by atoms with E-state index in [4.69, 9.17) is 11.6 Å². The van der Waals surface area contributed by atoms with Crippen LogP contribution in [0.5, 0.6) is 0 Å². The third-order valence-electron chi connectivity index (χ3n) is 2.06. The van der Waals surface area contributed by atoms with E-state index in [1.165, 1.54) is 0 Å². The fraction of sp³-hybridized carbons (Fsp3) is 0.455. The Morgan fingerprint density at radius 3 is 2.79 bits per heavy atom. The van der Waals surface area contributed by atoms with Crippen molar-refractivity contribution in [3.05, 3.63) is 34.3 Å². The highest BCUT2D eigenvalue weighted by molar-refractivity contribution is 7.99. The minimum Gasteiger partial charge on any atom is -0.388 e. The van der Waals surface area contributed by atoms with Crippen LogP contribution in [0.2, 0.25) is 5.02 Å². The van der Waals surface area contributed by atoms with Gasteiger partial charge in [0.15, 0.2) is 0 Å². The summed E-state index contributed by atoms with van der Waals surface area (Å²) in [7, 11) is 0. The SMILES string of the molecule is CCSCC(O)c1ccc(C)c(Cl)c1. The van der Waals surface area contributed by atoms with Crippen molar-refractivity contribution in [1.29, 1.82) is 0 Å². The molecule has 3 heteroatoms. The number of thioether (sulfide) groups is 1. The molecule has 1 nitrogen and oxygen atoms in total. The highest BCUT2D eigenvalue weighted by atomic mass is 35.5. The van der Waals surface area contributed by atoms with E-state index in [2.05, 4.69) is 6.92 Å². The monoisotopic (exact) mass is 230 g/mol. The van der Waals surface area contributed by atoms with Crippen LogP contribution in [0.15, 0.2) is 18.2 Å². The topological polar surface area (TPSA) is 20.2 Å². The van der Waals surface area contributed by atoms with Gasteiger partial charge in [0.1, 0.15) is 0 Å². The highest BCUT2D eigenvalue weighted by Crippen LogP contribution is 2.23. The van der Waals surface area contributed by atoms with Crippen LogP contribution in [0.1, 0.15) is 24.2 Å². The minimum absolute atomic E-state index is 0.405. The van der Waals surface area contributed by atoms with Gasteiger partial charge in [0, 0.05) is 10.8 Å². The Kier molecular flexibility index (Phi) is 4.79. The lowest BCUT2D eigenvalue weighted by Crippen LogP contribution is -2.00. The molecule has 0 aliphatic carbocycles. The number of rotatable bonds is 4. The van der Waals surface area contributed by atoms with Gasteiger partial charge in [0.2, 0.25) is 0 Å². The third kappa shape index (κ3) is 3.19. The molecule has 0 aliphatic rings. The molecule has 1 unspecified atom stereocenters. The number of hydrogen-bond donors (Lipinski definition) is 1. The summed E-state index contributed by atoms with van der Waals surface area (Å²) in [6, 6.07) is 5.72. The number of benzene rings is 1. The highest BCUT2D eigenvalue weighted by Gasteiger charge is 2.08. The average Bonchev–Trinajstić information content (AvgIpc) is 2.18. The Balaban J connectivity index is 2.70. The molecule has 1 aromatic carbocycles. The van der Waals surface area contributed by atoms with Crippen molar-refractivity contribution in [2.75, 3.05) is 11.5 Å². The van der Waals surface area contributed by atoms with Crippen molar-refractivity contribution in [3.63, 3.8) is 0 Å². The van der Waals surface area contributed by atoms with Crippen molar-refractivity contribution in [3.8, 4) is 0 Å². The molecule has 14 heavy (non-hydrogen) atoms. The zero-order valence-corrected chi connectivity index (χ0v) is 10.0. The predicted molar refractivity (Wildman–Crippen MR) is 64.1 cm³/mol. The first-order chi connectivity index (χ1) is 6.65. The summed E-state index contributed by atoms with van der Waals surface area (Å²) in [6.07, 6.45) is -0.405. The molecule has 0 saturated heterocycles. The summed E-state index contributed by atoms with van der Waals surface area (Å²) < 4.78 is 0. The van der Waals surface area contributed by atoms with Gasteiger partial charge in [-0.15, -0.1) is 0 Å². The van der Waals surface area contributed by atoms with Gasteiger partial charge in [-0.25, -0.2) is 0 Å². The zero-order valence-electron chi connectivity index (χ0n) is 8.46. The molecule has 0 spiro atoms. The second-order valence-corrected chi connectivity index (χ2v) is 4.91. The molecule has 78 valence electrons. The van der Waals surface area contributed by atoms with Crippen LogP contribution in [0.4, 0.5) is 0 Å². The summed E-state index contributed by atoms with van der Waals surface area (Å²) >= 11 is 7.70. The Morgan fingerprint density at radius 2 is 2.21 bits per heavy atom. The maximum absolute atomic E-state index is 9.79. The van der Waals surface area contributed by atoms with Gasteiger partial charge in [0.25, 0.3) is 0 Å². The number of aliphatic hydroxyl groups excluding tert-OH is 1. The molecule has 1 atom stereocenters. The lowest BCUT2D eigenvalue weighted by atomic mass is 10.1. The van der Waals surface area contributed by atoms with E-state index in [1.807, 2.05) is 25.1 Å². The van der Waals surface area contributed by atoms with Crippen LogP contribution in [0.25, 0.3) is 0 Å². The molecule has 0 fully saturated rings. The van der Waals surface area contributed by atoms with Crippen LogP contribution in [0.3, 0.4) is 0 Å². The van der Waals surface area contributed by atoms with E-state index in [9.17, 15) is 5.11 Å². The van der Waals surface area contributed by atoms with Crippen molar-refractivity contribution in [1.82, 2.24) is 0 Å². The van der Waals surface area contributed by atoms with Gasteiger partial charge in [0.05, 0.1) is 6.10 Å². The van der Waals surface area contributed by atoms with Crippen LogP contribution < -0.4 is 0 Å². The fourth-order valence-corrected chi connectivity index (χ4v) is 1.98. The Bertz CT molecular complexity index is 301. The Morgan fingerprint density at radius 1 is 1.50 bits per heavy atom. The van der Waals surface area contributed by atoms with Gasteiger partial charge in [-0.3, -0.25) is 0 Å². The van der Waals surface area contributed by atoms with E-state index >= 15 is 0 Å². The normalized spacial score (nSPS) is 12.9. The quantitative estimate of drug-likeness (QED) is 0.855. The van der Waals surface area contributed by atoms with Crippen molar-refractivity contribution in [2.45, 2.75) is 20.0 Å². The van der Waals surface area contributed by atoms with E-state index in [-0.39, 0.29) is 0 Å². The molecular formula is C11H15ClOS. The largest absolute Gasteiger partial charge is 0.388 e. The molecule has 1 aromatic rings. The van der Waals surface area contributed by atoms with Crippen LogP contribution >= 0.6 is 23.4 Å². The molecule has 1 rings (SSSR count). The molecular weight excluding hydrogens is 216 g/mol. The van der Waals surface area contributed by atoms with Crippen molar-refractivity contribution >= 4 is 23.4 Å². The summed E-state index contributed by atoms with van der Waals surface area (Å²) in [5, 5.41) is 10.5. The first kappa shape index (κ1) is 11.9. The van der Waals surface area contributed by atoms with E-state index < -0.39 is 6.10 Å². The van der Waals surface area contributed by atoms with E-state index in [0.717, 1.165) is 27.7 Å². The molecule has 1 N–H and O–H groups in total. The Hall–Kier alpha value is -0.180. The van der Waals surface area contributed by atoms with Crippen LogP contribution in [0, 0.1) is 6.92 Å². The third-order valence-corrected chi connectivity index (χ3v) is 3.43. The molecule has 0 aromatic heterocycles.